The van der Waals surface area contributed by atoms with E-state index >= 15 is 0 Å². The molecule has 2 heterocycles. The number of carbonyl (C=O) groups excluding carboxylic acids is 1. The number of piperidine rings is 1. The van der Waals surface area contributed by atoms with Crippen molar-refractivity contribution in [2.45, 2.75) is 31.5 Å². The van der Waals surface area contributed by atoms with E-state index in [9.17, 15) is 18.0 Å². The Morgan fingerprint density at radius 2 is 2.25 bits per heavy atom. The number of aromatic amines is 1. The summed E-state index contributed by atoms with van der Waals surface area (Å²) < 4.78 is 43.6. The van der Waals surface area contributed by atoms with Crippen molar-refractivity contribution >= 4 is 11.6 Å². The minimum atomic E-state index is -4.34. The molecule has 28 heavy (non-hydrogen) atoms. The van der Waals surface area contributed by atoms with E-state index in [4.69, 9.17) is 4.74 Å². The van der Waals surface area contributed by atoms with Crippen LogP contribution in [0.15, 0.2) is 30.5 Å². The second-order valence-electron chi connectivity index (χ2n) is 6.95. The zero-order valence-electron chi connectivity index (χ0n) is 15.6. The van der Waals surface area contributed by atoms with E-state index in [1.165, 1.54) is 19.2 Å². The van der Waals surface area contributed by atoms with E-state index in [1.807, 2.05) is 0 Å². The predicted molar refractivity (Wildman–Crippen MR) is 97.8 cm³/mol. The number of hydrogen-bond donors (Lipinski definition) is 2. The van der Waals surface area contributed by atoms with Crippen molar-refractivity contribution in [3.05, 3.63) is 47.3 Å². The first-order chi connectivity index (χ1) is 13.4. The zero-order chi connectivity index (χ0) is 20.1. The first-order valence-electron chi connectivity index (χ1n) is 9.07. The molecule has 0 radical (unpaired) electrons. The molecule has 2 aromatic rings. The number of ether oxygens (including phenoxy) is 1. The van der Waals surface area contributed by atoms with Crippen LogP contribution in [-0.2, 0) is 22.3 Å². The van der Waals surface area contributed by atoms with E-state index in [0.29, 0.717) is 24.3 Å². The van der Waals surface area contributed by atoms with Gasteiger partial charge in [-0.25, -0.2) is 0 Å². The Morgan fingerprint density at radius 3 is 3.00 bits per heavy atom. The van der Waals surface area contributed by atoms with Crippen molar-refractivity contribution in [1.82, 2.24) is 15.1 Å². The molecular formula is C19H23F3N4O2. The fourth-order valence-corrected chi connectivity index (χ4v) is 3.56. The van der Waals surface area contributed by atoms with Crippen LogP contribution >= 0.6 is 0 Å². The molecule has 1 atom stereocenters. The number of nitrogens with zero attached hydrogens (tertiary/aromatic N) is 2. The van der Waals surface area contributed by atoms with Crippen molar-refractivity contribution < 1.29 is 22.7 Å². The number of halogens is 3. The quantitative estimate of drug-likeness (QED) is 0.785. The average Bonchev–Trinajstić information content (AvgIpc) is 3.10. The molecule has 1 saturated heterocycles. The van der Waals surface area contributed by atoms with Gasteiger partial charge >= 0.3 is 6.18 Å². The topological polar surface area (TPSA) is 70.2 Å². The van der Waals surface area contributed by atoms with Gasteiger partial charge in [-0.3, -0.25) is 14.8 Å². The molecule has 0 unspecified atom stereocenters. The molecular weight excluding hydrogens is 373 g/mol. The lowest BCUT2D eigenvalue weighted by Crippen LogP contribution is -2.34. The van der Waals surface area contributed by atoms with Crippen LogP contribution < -0.4 is 5.32 Å². The summed E-state index contributed by atoms with van der Waals surface area (Å²) in [5.41, 5.74) is 1.45. The smallest absolute Gasteiger partial charge is 0.375 e. The number of H-pyrrole nitrogens is 1. The van der Waals surface area contributed by atoms with Gasteiger partial charge in [-0.1, -0.05) is 18.2 Å². The highest BCUT2D eigenvalue weighted by Gasteiger charge is 2.31. The molecule has 3 rings (SSSR count). The summed E-state index contributed by atoms with van der Waals surface area (Å²) in [6.07, 6.45) is -0.956. The minimum absolute atomic E-state index is 0.0447. The Labute approximate surface area is 161 Å². The highest BCUT2D eigenvalue weighted by Crippen LogP contribution is 2.32. The average molecular weight is 396 g/mol. The van der Waals surface area contributed by atoms with Gasteiger partial charge in [0.1, 0.15) is 6.61 Å². The second-order valence-corrected chi connectivity index (χ2v) is 6.95. The number of methoxy groups -OCH3 is 1. The molecule has 0 bridgehead atoms. The number of anilines is 1. The SMILES string of the molecule is COCC(=O)Nc1cn[nH]c1[C@H]1CCCN(Cc2cccc(C(F)(F)F)c2)C1. The van der Waals surface area contributed by atoms with E-state index in [2.05, 4.69) is 20.4 Å². The minimum Gasteiger partial charge on any atom is -0.375 e. The summed E-state index contributed by atoms with van der Waals surface area (Å²) in [5, 5.41) is 9.77. The van der Waals surface area contributed by atoms with E-state index < -0.39 is 11.7 Å². The normalized spacial score (nSPS) is 18.2. The molecule has 9 heteroatoms. The maximum atomic E-state index is 12.9. The van der Waals surface area contributed by atoms with Crippen LogP contribution in [0.3, 0.4) is 0 Å². The van der Waals surface area contributed by atoms with Crippen LogP contribution in [0.1, 0.15) is 35.6 Å². The van der Waals surface area contributed by atoms with Crippen LogP contribution in [0.2, 0.25) is 0 Å². The lowest BCUT2D eigenvalue weighted by atomic mass is 9.93. The van der Waals surface area contributed by atoms with Crippen LogP contribution in [0.5, 0.6) is 0 Å². The standard InChI is InChI=1S/C19H23F3N4O2/c1-28-12-17(27)24-16-9-23-25-18(16)14-5-3-7-26(11-14)10-13-4-2-6-15(8-13)19(20,21)22/h2,4,6,8-9,14H,3,5,7,10-12H2,1H3,(H,23,25)(H,24,27)/t14-/m0/s1. The summed E-state index contributed by atoms with van der Waals surface area (Å²) in [4.78, 5) is 13.9. The number of hydrogen-bond acceptors (Lipinski definition) is 4. The molecule has 1 aromatic heterocycles. The Balaban J connectivity index is 1.67. The van der Waals surface area contributed by atoms with Crippen molar-refractivity contribution in [1.29, 1.82) is 0 Å². The highest BCUT2D eigenvalue weighted by atomic mass is 19.4. The number of amides is 1. The van der Waals surface area contributed by atoms with Gasteiger partial charge in [-0.15, -0.1) is 0 Å². The van der Waals surface area contributed by atoms with Gasteiger partial charge in [0, 0.05) is 26.1 Å². The Morgan fingerprint density at radius 1 is 1.43 bits per heavy atom. The van der Waals surface area contributed by atoms with Crippen LogP contribution in [0.25, 0.3) is 0 Å². The largest absolute Gasteiger partial charge is 0.416 e. The summed E-state index contributed by atoms with van der Waals surface area (Å²) in [6, 6.07) is 5.45. The van der Waals surface area contributed by atoms with E-state index in [0.717, 1.165) is 31.1 Å². The molecule has 1 fully saturated rings. The van der Waals surface area contributed by atoms with Gasteiger partial charge in [-0.2, -0.15) is 18.3 Å². The number of likely N-dealkylation sites (tertiary alicyclic amines) is 1. The Bertz CT molecular complexity index is 806. The third-order valence-corrected chi connectivity index (χ3v) is 4.79. The van der Waals surface area contributed by atoms with E-state index in [-0.39, 0.29) is 18.4 Å². The maximum Gasteiger partial charge on any atom is 0.416 e. The van der Waals surface area contributed by atoms with Gasteiger partial charge in [0.2, 0.25) is 5.91 Å². The molecule has 1 aliphatic heterocycles. The first kappa shape index (κ1) is 20.3. The fourth-order valence-electron chi connectivity index (χ4n) is 3.56. The van der Waals surface area contributed by atoms with Crippen LogP contribution in [0.4, 0.5) is 18.9 Å². The number of carbonyl (C=O) groups is 1. The summed E-state index contributed by atoms with van der Waals surface area (Å²) in [6.45, 7) is 1.88. The molecule has 6 nitrogen and oxygen atoms in total. The molecule has 1 aromatic carbocycles. The molecule has 0 saturated carbocycles. The summed E-state index contributed by atoms with van der Waals surface area (Å²) in [5.74, 6) is -0.151. The maximum absolute atomic E-state index is 12.9. The van der Waals surface area contributed by atoms with Crippen LogP contribution in [-0.4, -0.2) is 47.8 Å². The number of aromatic nitrogens is 2. The molecule has 152 valence electrons. The molecule has 1 amide bonds. The van der Waals surface area contributed by atoms with Crippen molar-refractivity contribution in [3.8, 4) is 0 Å². The molecule has 0 aliphatic carbocycles. The number of rotatable bonds is 6. The van der Waals surface area contributed by atoms with E-state index in [1.54, 1.807) is 12.3 Å². The van der Waals surface area contributed by atoms with Crippen LogP contribution in [0, 0.1) is 0 Å². The predicted octanol–water partition coefficient (Wildman–Crippen LogP) is 3.39. The molecule has 1 aliphatic rings. The third kappa shape index (κ3) is 5.11. The Kier molecular flexibility index (Phi) is 6.35. The number of nitrogens with one attached hydrogen (secondary N) is 2. The Hall–Kier alpha value is -2.39. The van der Waals surface area contributed by atoms with Gasteiger partial charge in [0.15, 0.2) is 0 Å². The van der Waals surface area contributed by atoms with Crippen molar-refractivity contribution in [2.24, 2.45) is 0 Å². The fraction of sp³-hybridized carbons (Fsp3) is 0.474. The summed E-state index contributed by atoms with van der Waals surface area (Å²) in [7, 11) is 1.45. The second kappa shape index (κ2) is 8.74. The lowest BCUT2D eigenvalue weighted by molar-refractivity contribution is -0.137. The van der Waals surface area contributed by atoms with Gasteiger partial charge in [0.05, 0.1) is 23.1 Å². The van der Waals surface area contributed by atoms with Crippen molar-refractivity contribution in [3.63, 3.8) is 0 Å². The van der Waals surface area contributed by atoms with Gasteiger partial charge < -0.3 is 10.1 Å². The highest BCUT2D eigenvalue weighted by molar-refractivity contribution is 5.92. The van der Waals surface area contributed by atoms with Gasteiger partial charge in [0.25, 0.3) is 0 Å². The summed E-state index contributed by atoms with van der Waals surface area (Å²) >= 11 is 0. The number of alkyl halides is 3. The zero-order valence-corrected chi connectivity index (χ0v) is 15.6. The molecule has 2 N–H and O–H groups in total. The van der Waals surface area contributed by atoms with Crippen molar-refractivity contribution in [2.75, 3.05) is 32.1 Å². The lowest BCUT2D eigenvalue weighted by Gasteiger charge is -2.32. The monoisotopic (exact) mass is 396 g/mol. The van der Waals surface area contributed by atoms with Gasteiger partial charge in [-0.05, 0) is 31.0 Å². The molecule has 0 spiro atoms. The third-order valence-electron chi connectivity index (χ3n) is 4.79. The first-order valence-corrected chi connectivity index (χ1v) is 9.07. The number of benzene rings is 1.